The molecule has 3 aromatic rings. The van der Waals surface area contributed by atoms with E-state index in [1.54, 1.807) is 34.2 Å². The fraction of sp³-hybridized carbons (Fsp3) is 0.227. The molecular formula is C22H19N5O3. The Morgan fingerprint density at radius 3 is 2.70 bits per heavy atom. The van der Waals surface area contributed by atoms with Crippen LogP contribution in [0.4, 0.5) is 0 Å². The second-order valence-corrected chi connectivity index (χ2v) is 7.54. The van der Waals surface area contributed by atoms with Crippen LogP contribution in [-0.2, 0) is 23.2 Å². The molecule has 1 unspecified atom stereocenters. The number of pyridine rings is 1. The zero-order chi connectivity index (χ0) is 20.8. The molecular weight excluding hydrogens is 382 g/mol. The summed E-state index contributed by atoms with van der Waals surface area (Å²) in [6.07, 6.45) is 5.92. The molecule has 8 heteroatoms. The molecule has 0 spiro atoms. The Hall–Kier alpha value is -3.81. The molecule has 0 saturated carbocycles. The van der Waals surface area contributed by atoms with Crippen LogP contribution in [0.1, 0.15) is 28.8 Å². The average Bonchev–Trinajstić information content (AvgIpc) is 3.28. The van der Waals surface area contributed by atoms with Crippen molar-refractivity contribution in [3.63, 3.8) is 0 Å². The van der Waals surface area contributed by atoms with Crippen molar-refractivity contribution in [3.8, 4) is 22.4 Å². The number of hydrogen-bond acceptors (Lipinski definition) is 5. The van der Waals surface area contributed by atoms with Crippen molar-refractivity contribution in [3.05, 3.63) is 60.0 Å². The molecule has 1 aromatic carbocycles. The van der Waals surface area contributed by atoms with Gasteiger partial charge in [-0.05, 0) is 41.8 Å². The van der Waals surface area contributed by atoms with E-state index in [2.05, 4.69) is 15.4 Å². The first-order valence-corrected chi connectivity index (χ1v) is 9.73. The van der Waals surface area contributed by atoms with E-state index in [4.69, 9.17) is 0 Å². The summed E-state index contributed by atoms with van der Waals surface area (Å²) >= 11 is 0. The molecule has 3 amide bonds. The Kier molecular flexibility index (Phi) is 4.20. The van der Waals surface area contributed by atoms with Gasteiger partial charge in [0.15, 0.2) is 0 Å². The van der Waals surface area contributed by atoms with Gasteiger partial charge in [0.05, 0.1) is 11.9 Å². The standard InChI is InChI=1S/C22H19N5O3/c1-26-20(14-3-2-8-23-10-14)17(11-24-26)13-4-5-16-15(9-13)12-27(22(16)30)18-6-7-19(28)25-21(18)29/h2-5,8-11,18H,6-7,12H2,1H3,(H,25,28,29). The highest BCUT2D eigenvalue weighted by atomic mass is 16.2. The lowest BCUT2D eigenvalue weighted by molar-refractivity contribution is -0.136. The van der Waals surface area contributed by atoms with Gasteiger partial charge in [-0.15, -0.1) is 0 Å². The lowest BCUT2D eigenvalue weighted by atomic mass is 9.99. The lowest BCUT2D eigenvalue weighted by Crippen LogP contribution is -2.52. The molecule has 1 fully saturated rings. The lowest BCUT2D eigenvalue weighted by Gasteiger charge is -2.29. The van der Waals surface area contributed by atoms with E-state index < -0.39 is 11.9 Å². The number of hydrogen-bond donors (Lipinski definition) is 1. The number of aryl methyl sites for hydroxylation is 1. The maximum atomic E-state index is 12.9. The topological polar surface area (TPSA) is 97.2 Å². The van der Waals surface area contributed by atoms with Crippen LogP contribution in [0.15, 0.2) is 48.9 Å². The van der Waals surface area contributed by atoms with E-state index in [0.29, 0.717) is 18.5 Å². The summed E-state index contributed by atoms with van der Waals surface area (Å²) in [5, 5.41) is 6.74. The van der Waals surface area contributed by atoms with Crippen LogP contribution in [0.5, 0.6) is 0 Å². The molecule has 8 nitrogen and oxygen atoms in total. The molecule has 0 aliphatic carbocycles. The second kappa shape index (κ2) is 6.91. The van der Waals surface area contributed by atoms with Crippen molar-refractivity contribution in [1.82, 2.24) is 25.0 Å². The first-order valence-electron chi connectivity index (χ1n) is 9.73. The van der Waals surface area contributed by atoms with Crippen molar-refractivity contribution in [1.29, 1.82) is 0 Å². The number of carbonyl (C=O) groups excluding carboxylic acids is 3. The van der Waals surface area contributed by atoms with Gasteiger partial charge in [0.25, 0.3) is 5.91 Å². The largest absolute Gasteiger partial charge is 0.322 e. The van der Waals surface area contributed by atoms with Crippen LogP contribution in [0.25, 0.3) is 22.4 Å². The van der Waals surface area contributed by atoms with Crippen LogP contribution < -0.4 is 5.32 Å². The molecule has 0 bridgehead atoms. The summed E-state index contributed by atoms with van der Waals surface area (Å²) in [6.45, 7) is 0.344. The van der Waals surface area contributed by atoms with Gasteiger partial charge >= 0.3 is 0 Å². The number of benzene rings is 1. The summed E-state index contributed by atoms with van der Waals surface area (Å²) in [5.74, 6) is -0.870. The highest BCUT2D eigenvalue weighted by Gasteiger charge is 2.39. The average molecular weight is 401 g/mol. The van der Waals surface area contributed by atoms with Gasteiger partial charge in [-0.3, -0.25) is 29.4 Å². The van der Waals surface area contributed by atoms with Gasteiger partial charge in [-0.25, -0.2) is 0 Å². The smallest absolute Gasteiger partial charge is 0.255 e. The Bertz CT molecular complexity index is 1180. The van der Waals surface area contributed by atoms with Crippen LogP contribution in [-0.4, -0.2) is 43.4 Å². The quantitative estimate of drug-likeness (QED) is 0.676. The number of fused-ring (bicyclic) bond motifs is 1. The number of amides is 3. The normalized spacial score (nSPS) is 18.5. The molecule has 2 aromatic heterocycles. The highest BCUT2D eigenvalue weighted by molar-refractivity contribution is 6.05. The van der Waals surface area contributed by atoms with E-state index >= 15 is 0 Å². The van der Waals surface area contributed by atoms with Crippen LogP contribution in [0.3, 0.4) is 0 Å². The fourth-order valence-corrected chi connectivity index (χ4v) is 4.24. The number of nitrogens with one attached hydrogen (secondary N) is 1. The zero-order valence-electron chi connectivity index (χ0n) is 16.3. The number of nitrogens with zero attached hydrogens (tertiary/aromatic N) is 4. The Morgan fingerprint density at radius 1 is 1.07 bits per heavy atom. The van der Waals surface area contributed by atoms with Gasteiger partial charge in [0.2, 0.25) is 11.8 Å². The van der Waals surface area contributed by atoms with Crippen molar-refractivity contribution in [2.45, 2.75) is 25.4 Å². The molecule has 5 rings (SSSR count). The summed E-state index contributed by atoms with van der Waals surface area (Å²) in [4.78, 5) is 42.3. The molecule has 0 radical (unpaired) electrons. The van der Waals surface area contributed by atoms with Gasteiger partial charge in [0.1, 0.15) is 6.04 Å². The van der Waals surface area contributed by atoms with Crippen molar-refractivity contribution < 1.29 is 14.4 Å². The van der Waals surface area contributed by atoms with E-state index in [-0.39, 0.29) is 18.2 Å². The van der Waals surface area contributed by atoms with Gasteiger partial charge in [0, 0.05) is 49.1 Å². The van der Waals surface area contributed by atoms with E-state index in [9.17, 15) is 14.4 Å². The minimum Gasteiger partial charge on any atom is -0.322 e. The summed E-state index contributed by atoms with van der Waals surface area (Å²) in [6, 6.07) is 8.94. The van der Waals surface area contributed by atoms with E-state index in [1.807, 2.05) is 31.3 Å². The number of aromatic nitrogens is 3. The maximum absolute atomic E-state index is 12.9. The highest BCUT2D eigenvalue weighted by Crippen LogP contribution is 2.35. The second-order valence-electron chi connectivity index (χ2n) is 7.54. The first kappa shape index (κ1) is 18.2. The monoisotopic (exact) mass is 401 g/mol. The van der Waals surface area contributed by atoms with Gasteiger partial charge < -0.3 is 4.90 Å². The molecule has 30 heavy (non-hydrogen) atoms. The minimum absolute atomic E-state index is 0.176. The molecule has 1 atom stereocenters. The third-order valence-corrected chi connectivity index (χ3v) is 5.71. The van der Waals surface area contributed by atoms with Crippen LogP contribution in [0.2, 0.25) is 0 Å². The minimum atomic E-state index is -0.615. The Morgan fingerprint density at radius 2 is 1.93 bits per heavy atom. The number of piperidine rings is 1. The summed E-state index contributed by atoms with van der Waals surface area (Å²) in [7, 11) is 1.88. The predicted molar refractivity (Wildman–Crippen MR) is 108 cm³/mol. The first-order chi connectivity index (χ1) is 14.5. The SMILES string of the molecule is Cn1ncc(-c2ccc3c(c2)CN(C2CCC(=O)NC2=O)C3=O)c1-c1cccnc1. The molecule has 1 N–H and O–H groups in total. The van der Waals surface area contributed by atoms with Gasteiger partial charge in [-0.2, -0.15) is 5.10 Å². The summed E-state index contributed by atoms with van der Waals surface area (Å²) in [5.41, 5.74) is 5.24. The fourth-order valence-electron chi connectivity index (χ4n) is 4.24. The zero-order valence-corrected chi connectivity index (χ0v) is 16.3. The van der Waals surface area contributed by atoms with Crippen LogP contribution in [0, 0.1) is 0 Å². The summed E-state index contributed by atoms with van der Waals surface area (Å²) < 4.78 is 1.81. The van der Waals surface area contributed by atoms with E-state index in [0.717, 1.165) is 27.9 Å². The van der Waals surface area contributed by atoms with E-state index in [1.165, 1.54) is 0 Å². The maximum Gasteiger partial charge on any atom is 0.255 e. The predicted octanol–water partition coefficient (Wildman–Crippen LogP) is 1.91. The van der Waals surface area contributed by atoms with Gasteiger partial charge in [-0.1, -0.05) is 6.07 Å². The molecule has 4 heterocycles. The molecule has 2 aliphatic heterocycles. The number of carbonyl (C=O) groups is 3. The third-order valence-electron chi connectivity index (χ3n) is 5.71. The number of rotatable bonds is 3. The van der Waals surface area contributed by atoms with Crippen molar-refractivity contribution in [2.24, 2.45) is 7.05 Å². The van der Waals surface area contributed by atoms with Crippen molar-refractivity contribution in [2.75, 3.05) is 0 Å². The number of imide groups is 1. The Balaban J connectivity index is 1.49. The van der Waals surface area contributed by atoms with Crippen LogP contribution >= 0.6 is 0 Å². The van der Waals surface area contributed by atoms with Crippen molar-refractivity contribution >= 4 is 17.7 Å². The third kappa shape index (κ3) is 2.88. The molecule has 1 saturated heterocycles. The molecule has 2 aliphatic rings. The molecule has 150 valence electrons. The Labute approximate surface area is 172 Å².